The molecule has 48 valence electrons. The van der Waals surface area contributed by atoms with Gasteiger partial charge in [-0.3, -0.25) is 0 Å². The molecule has 0 heterocycles. The van der Waals surface area contributed by atoms with Crippen LogP contribution in [0.4, 0.5) is 0 Å². The van der Waals surface area contributed by atoms with Gasteiger partial charge in [-0.05, 0) is 26.6 Å². The quantitative estimate of drug-likeness (QED) is 0.536. The molecule has 0 aromatic carbocycles. The molecule has 1 atom stereocenters. The maximum atomic E-state index is 3.86. The topological polar surface area (TPSA) is 24.4 Å². The highest BCUT2D eigenvalue weighted by atomic mass is 14.9. The molecule has 0 aromatic heterocycles. The summed E-state index contributed by atoms with van der Waals surface area (Å²) in [6.07, 6.45) is 2.94. The third-order valence-electron chi connectivity index (χ3n) is 1.13. The zero-order valence-electron chi connectivity index (χ0n) is 5.81. The fraction of sp³-hybridized carbons (Fsp3) is 0.833. The first kappa shape index (κ1) is 7.63. The monoisotopic (exact) mass is 114 g/mol. The molecule has 1 N–H and O–H groups in total. The average Bonchev–Trinajstić information content (AvgIpc) is 1.83. The highest BCUT2D eigenvalue weighted by Crippen LogP contribution is 1.82. The van der Waals surface area contributed by atoms with Gasteiger partial charge in [0, 0.05) is 13.1 Å². The molecule has 0 aliphatic rings. The minimum absolute atomic E-state index is 0.554. The molecule has 8 heavy (non-hydrogen) atoms. The molecule has 0 saturated heterocycles. The predicted octanol–water partition coefficient (Wildman–Crippen LogP) is 0.685. The van der Waals surface area contributed by atoms with Crippen molar-refractivity contribution in [3.8, 4) is 0 Å². The summed E-state index contributed by atoms with van der Waals surface area (Å²) in [4.78, 5) is 3.86. The maximum absolute atomic E-state index is 3.86. The van der Waals surface area contributed by atoms with Gasteiger partial charge in [0.05, 0.1) is 0 Å². The molecule has 0 aliphatic heterocycles. The van der Waals surface area contributed by atoms with Crippen molar-refractivity contribution in [3.63, 3.8) is 0 Å². The molecule has 1 unspecified atom stereocenters. The molecule has 2 nitrogen and oxygen atoms in total. The van der Waals surface area contributed by atoms with E-state index >= 15 is 0 Å². The summed E-state index contributed by atoms with van der Waals surface area (Å²) in [7, 11) is 3.75. The van der Waals surface area contributed by atoms with E-state index < -0.39 is 0 Å². The third-order valence-corrected chi connectivity index (χ3v) is 1.13. The lowest BCUT2D eigenvalue weighted by molar-refractivity contribution is 0.638. The Morgan fingerprint density at radius 3 is 2.75 bits per heavy atom. The van der Waals surface area contributed by atoms with Gasteiger partial charge in [-0.2, -0.15) is 0 Å². The number of rotatable bonds is 3. The van der Waals surface area contributed by atoms with Gasteiger partial charge in [-0.25, -0.2) is 0 Å². The van der Waals surface area contributed by atoms with Gasteiger partial charge >= 0.3 is 0 Å². The van der Waals surface area contributed by atoms with E-state index in [9.17, 15) is 0 Å². The van der Waals surface area contributed by atoms with Gasteiger partial charge in [-0.1, -0.05) is 0 Å². The molecule has 0 aliphatic carbocycles. The van der Waals surface area contributed by atoms with E-state index in [1.54, 1.807) is 7.05 Å². The van der Waals surface area contributed by atoms with Crippen LogP contribution in [-0.4, -0.2) is 26.4 Å². The van der Waals surface area contributed by atoms with Gasteiger partial charge in [0.2, 0.25) is 0 Å². The lowest BCUT2D eigenvalue weighted by atomic mass is 10.3. The summed E-state index contributed by atoms with van der Waals surface area (Å²) in [5.74, 6) is 0. The first-order valence-electron chi connectivity index (χ1n) is 2.89. The van der Waals surface area contributed by atoms with Crippen LogP contribution in [0.15, 0.2) is 4.99 Å². The van der Waals surface area contributed by atoms with E-state index in [1.807, 2.05) is 13.3 Å². The molecular weight excluding hydrogens is 100 g/mol. The van der Waals surface area contributed by atoms with Crippen LogP contribution in [0, 0.1) is 0 Å². The van der Waals surface area contributed by atoms with E-state index in [4.69, 9.17) is 0 Å². The summed E-state index contributed by atoms with van der Waals surface area (Å²) in [5.41, 5.74) is 0. The van der Waals surface area contributed by atoms with Crippen molar-refractivity contribution in [2.45, 2.75) is 19.4 Å². The van der Waals surface area contributed by atoms with Crippen LogP contribution in [0.5, 0.6) is 0 Å². The second kappa shape index (κ2) is 4.78. The number of hydrogen-bond acceptors (Lipinski definition) is 2. The van der Waals surface area contributed by atoms with Gasteiger partial charge < -0.3 is 10.3 Å². The van der Waals surface area contributed by atoms with Crippen molar-refractivity contribution in [1.29, 1.82) is 0 Å². The van der Waals surface area contributed by atoms with Gasteiger partial charge in [-0.15, -0.1) is 0 Å². The van der Waals surface area contributed by atoms with Gasteiger partial charge in [0.1, 0.15) is 0 Å². The van der Waals surface area contributed by atoms with E-state index in [1.165, 1.54) is 0 Å². The minimum atomic E-state index is 0.554. The smallest absolute Gasteiger partial charge is 0.0273 e. The van der Waals surface area contributed by atoms with Crippen molar-refractivity contribution in [2.24, 2.45) is 4.99 Å². The van der Waals surface area contributed by atoms with Crippen LogP contribution in [0.25, 0.3) is 0 Å². The fourth-order valence-corrected chi connectivity index (χ4v) is 0.381. The van der Waals surface area contributed by atoms with Crippen LogP contribution in [0.2, 0.25) is 0 Å². The molecule has 0 spiro atoms. The van der Waals surface area contributed by atoms with Crippen molar-refractivity contribution in [1.82, 2.24) is 5.32 Å². The minimum Gasteiger partial charge on any atom is -0.317 e. The first-order valence-corrected chi connectivity index (χ1v) is 2.89. The van der Waals surface area contributed by atoms with Crippen LogP contribution in [-0.2, 0) is 0 Å². The number of aliphatic imine (C=N–C) groups is 1. The van der Waals surface area contributed by atoms with E-state index in [0.717, 1.165) is 6.42 Å². The van der Waals surface area contributed by atoms with E-state index in [0.29, 0.717) is 6.04 Å². The Hall–Kier alpha value is -0.370. The highest BCUT2D eigenvalue weighted by Gasteiger charge is 1.90. The molecule has 0 saturated carbocycles. The Kier molecular flexibility index (Phi) is 4.56. The number of hydrogen-bond donors (Lipinski definition) is 1. The molecule has 0 aromatic rings. The Balaban J connectivity index is 3.10. The van der Waals surface area contributed by atoms with Crippen LogP contribution >= 0.6 is 0 Å². The lowest BCUT2D eigenvalue weighted by Gasteiger charge is -2.03. The summed E-state index contributed by atoms with van der Waals surface area (Å²) in [5, 5.41) is 3.11. The van der Waals surface area contributed by atoms with Crippen molar-refractivity contribution >= 4 is 6.21 Å². The van der Waals surface area contributed by atoms with Gasteiger partial charge in [0.25, 0.3) is 0 Å². The Morgan fingerprint density at radius 1 is 1.75 bits per heavy atom. The van der Waals surface area contributed by atoms with Crippen molar-refractivity contribution in [3.05, 3.63) is 0 Å². The zero-order valence-corrected chi connectivity index (χ0v) is 5.81. The largest absolute Gasteiger partial charge is 0.317 e. The van der Waals surface area contributed by atoms with Crippen LogP contribution in [0.1, 0.15) is 13.3 Å². The predicted molar refractivity (Wildman–Crippen MR) is 37.6 cm³/mol. The Bertz CT molecular complexity index is 68.9. The van der Waals surface area contributed by atoms with E-state index in [-0.39, 0.29) is 0 Å². The first-order chi connectivity index (χ1) is 3.81. The zero-order chi connectivity index (χ0) is 6.41. The Morgan fingerprint density at radius 2 is 2.38 bits per heavy atom. The summed E-state index contributed by atoms with van der Waals surface area (Å²) in [6, 6.07) is 0.554. The SMILES string of the molecule is C/N=C\CC(C)NC. The number of nitrogens with one attached hydrogen (secondary N) is 1. The second-order valence-electron chi connectivity index (χ2n) is 1.87. The fourth-order valence-electron chi connectivity index (χ4n) is 0.381. The summed E-state index contributed by atoms with van der Waals surface area (Å²) < 4.78 is 0. The van der Waals surface area contributed by atoms with Crippen LogP contribution < -0.4 is 5.32 Å². The maximum Gasteiger partial charge on any atom is 0.0273 e. The molecule has 2 heteroatoms. The van der Waals surface area contributed by atoms with Crippen molar-refractivity contribution < 1.29 is 0 Å². The van der Waals surface area contributed by atoms with Gasteiger partial charge in [0.15, 0.2) is 0 Å². The second-order valence-corrected chi connectivity index (χ2v) is 1.87. The Labute approximate surface area is 51.0 Å². The molecule has 0 radical (unpaired) electrons. The summed E-state index contributed by atoms with van der Waals surface area (Å²) >= 11 is 0. The van der Waals surface area contributed by atoms with E-state index in [2.05, 4.69) is 17.2 Å². The highest BCUT2D eigenvalue weighted by molar-refractivity contribution is 5.57. The number of nitrogens with zero attached hydrogens (tertiary/aromatic N) is 1. The lowest BCUT2D eigenvalue weighted by Crippen LogP contribution is -2.20. The molecular formula is C6H14N2. The average molecular weight is 114 g/mol. The molecule has 0 fully saturated rings. The van der Waals surface area contributed by atoms with Crippen molar-refractivity contribution in [2.75, 3.05) is 14.1 Å². The standard InChI is InChI=1S/C6H14N2/c1-6(8-3)4-5-7-2/h5-6,8H,4H2,1-3H3/b7-5-. The molecule has 0 bridgehead atoms. The molecule has 0 amide bonds. The van der Waals surface area contributed by atoms with Crippen LogP contribution in [0.3, 0.4) is 0 Å². The summed E-state index contributed by atoms with van der Waals surface area (Å²) in [6.45, 7) is 2.13. The normalized spacial score (nSPS) is 14.9. The third kappa shape index (κ3) is 3.81. The molecule has 0 rings (SSSR count).